The lowest BCUT2D eigenvalue weighted by atomic mass is 10.1. The van der Waals surface area contributed by atoms with Crippen molar-refractivity contribution >= 4 is 5.91 Å². The molecule has 1 aliphatic carbocycles. The fourth-order valence-corrected chi connectivity index (χ4v) is 2.64. The molecule has 118 valence electrons. The Morgan fingerprint density at radius 2 is 2.27 bits per heavy atom. The zero-order chi connectivity index (χ0) is 15.7. The fourth-order valence-electron chi connectivity index (χ4n) is 2.64. The van der Waals surface area contributed by atoms with E-state index in [4.69, 9.17) is 5.73 Å². The Morgan fingerprint density at radius 3 is 2.86 bits per heavy atom. The normalized spacial score (nSPS) is 15.8. The number of nitrogens with one attached hydrogen (secondary N) is 1. The quantitative estimate of drug-likeness (QED) is 0.824. The molecule has 7 nitrogen and oxygen atoms in total. The number of aryl methyl sites for hydroxylation is 2. The Kier molecular flexibility index (Phi) is 3.98. The maximum Gasteiger partial charge on any atom is 0.255 e. The summed E-state index contributed by atoms with van der Waals surface area (Å²) in [6.07, 6.45) is 7.68. The molecule has 0 spiro atoms. The summed E-state index contributed by atoms with van der Waals surface area (Å²) in [5.74, 6) is 0.409. The van der Waals surface area contributed by atoms with E-state index in [1.54, 1.807) is 17.1 Å². The minimum absolute atomic E-state index is 0.0546. The van der Waals surface area contributed by atoms with E-state index in [1.807, 2.05) is 24.9 Å². The van der Waals surface area contributed by atoms with E-state index in [0.29, 0.717) is 23.7 Å². The van der Waals surface area contributed by atoms with Gasteiger partial charge in [0, 0.05) is 44.1 Å². The number of nitrogens with two attached hydrogens (primary N) is 1. The van der Waals surface area contributed by atoms with Gasteiger partial charge >= 0.3 is 0 Å². The van der Waals surface area contributed by atoms with Gasteiger partial charge in [0.05, 0.1) is 11.8 Å². The molecule has 0 aromatic carbocycles. The first-order chi connectivity index (χ1) is 10.6. The first-order valence-electron chi connectivity index (χ1n) is 7.69. The van der Waals surface area contributed by atoms with Crippen LogP contribution < -0.4 is 11.1 Å². The second kappa shape index (κ2) is 5.92. The van der Waals surface area contributed by atoms with Gasteiger partial charge in [-0.25, -0.2) is 0 Å². The summed E-state index contributed by atoms with van der Waals surface area (Å²) in [6, 6.07) is 0.0546. The Bertz CT molecular complexity index is 669. The summed E-state index contributed by atoms with van der Waals surface area (Å²) in [7, 11) is 1.81. The highest BCUT2D eigenvalue weighted by atomic mass is 16.1. The van der Waals surface area contributed by atoms with Crippen molar-refractivity contribution in [3.8, 4) is 11.3 Å². The van der Waals surface area contributed by atoms with Gasteiger partial charge in [0.2, 0.25) is 0 Å². The molecule has 22 heavy (non-hydrogen) atoms. The fraction of sp³-hybridized carbons (Fsp3) is 0.533. The lowest BCUT2D eigenvalue weighted by Crippen LogP contribution is -2.41. The molecule has 2 aromatic rings. The van der Waals surface area contributed by atoms with Gasteiger partial charge in [-0.15, -0.1) is 0 Å². The summed E-state index contributed by atoms with van der Waals surface area (Å²) < 4.78 is 3.47. The number of hydrogen-bond acceptors (Lipinski definition) is 4. The van der Waals surface area contributed by atoms with Gasteiger partial charge in [-0.1, -0.05) is 0 Å². The van der Waals surface area contributed by atoms with Crippen LogP contribution in [0.15, 0.2) is 18.6 Å². The molecule has 1 amide bonds. The zero-order valence-corrected chi connectivity index (χ0v) is 13.0. The monoisotopic (exact) mass is 302 g/mol. The number of carbonyl (C=O) groups is 1. The molecule has 0 bridgehead atoms. The highest BCUT2D eigenvalue weighted by Crippen LogP contribution is 2.32. The summed E-state index contributed by atoms with van der Waals surface area (Å²) in [4.78, 5) is 12.6. The summed E-state index contributed by atoms with van der Waals surface area (Å²) in [5, 5.41) is 11.7. The van der Waals surface area contributed by atoms with Gasteiger partial charge in [0.25, 0.3) is 5.91 Å². The number of amides is 1. The number of aromatic nitrogens is 4. The van der Waals surface area contributed by atoms with Crippen molar-refractivity contribution in [3.05, 3.63) is 24.2 Å². The third-order valence-electron chi connectivity index (χ3n) is 4.07. The lowest BCUT2D eigenvalue weighted by Gasteiger charge is -2.15. The predicted octanol–water partition coefficient (Wildman–Crippen LogP) is 0.771. The molecule has 1 fully saturated rings. The average molecular weight is 302 g/mol. The van der Waals surface area contributed by atoms with Gasteiger partial charge in [-0.3, -0.25) is 14.2 Å². The Balaban J connectivity index is 1.85. The molecule has 2 aromatic heterocycles. The van der Waals surface area contributed by atoms with E-state index in [2.05, 4.69) is 15.5 Å². The molecule has 7 heteroatoms. The summed E-state index contributed by atoms with van der Waals surface area (Å²) in [6.45, 7) is 3.27. The minimum atomic E-state index is -0.116. The second-order valence-corrected chi connectivity index (χ2v) is 5.80. The smallest absolute Gasteiger partial charge is 0.255 e. The van der Waals surface area contributed by atoms with Crippen LogP contribution in [0.5, 0.6) is 0 Å². The minimum Gasteiger partial charge on any atom is -0.348 e. The first-order valence-corrected chi connectivity index (χ1v) is 7.69. The van der Waals surface area contributed by atoms with Gasteiger partial charge in [0.15, 0.2) is 0 Å². The molecule has 1 saturated carbocycles. The topological polar surface area (TPSA) is 90.8 Å². The Labute approximate surface area is 129 Å². The average Bonchev–Trinajstić information content (AvgIpc) is 3.10. The van der Waals surface area contributed by atoms with Crippen molar-refractivity contribution in [1.82, 2.24) is 24.9 Å². The van der Waals surface area contributed by atoms with Crippen molar-refractivity contribution in [3.63, 3.8) is 0 Å². The van der Waals surface area contributed by atoms with Crippen molar-refractivity contribution in [1.29, 1.82) is 0 Å². The molecule has 2 heterocycles. The Morgan fingerprint density at radius 1 is 1.50 bits per heavy atom. The van der Waals surface area contributed by atoms with Crippen molar-refractivity contribution < 1.29 is 4.79 Å². The molecule has 3 rings (SSSR count). The number of carbonyl (C=O) groups excluding carboxylic acids is 1. The van der Waals surface area contributed by atoms with Crippen molar-refractivity contribution in [2.24, 2.45) is 18.7 Å². The predicted molar refractivity (Wildman–Crippen MR) is 83.1 cm³/mol. The van der Waals surface area contributed by atoms with Crippen LogP contribution in [-0.2, 0) is 13.6 Å². The van der Waals surface area contributed by atoms with Gasteiger partial charge in [-0.05, 0) is 25.7 Å². The largest absolute Gasteiger partial charge is 0.348 e. The number of nitrogens with zero attached hydrogens (tertiary/aromatic N) is 4. The van der Waals surface area contributed by atoms with Crippen LogP contribution in [0.1, 0.15) is 30.1 Å². The number of rotatable bonds is 6. The van der Waals surface area contributed by atoms with Crippen LogP contribution in [0.25, 0.3) is 11.3 Å². The maximum atomic E-state index is 12.6. The zero-order valence-electron chi connectivity index (χ0n) is 13.0. The van der Waals surface area contributed by atoms with Gasteiger partial charge < -0.3 is 11.1 Å². The highest BCUT2D eigenvalue weighted by Gasteiger charge is 2.32. The van der Waals surface area contributed by atoms with E-state index in [1.165, 1.54) is 0 Å². The van der Waals surface area contributed by atoms with Crippen LogP contribution in [0.3, 0.4) is 0 Å². The van der Waals surface area contributed by atoms with E-state index < -0.39 is 0 Å². The summed E-state index contributed by atoms with van der Waals surface area (Å²) in [5.41, 5.74) is 7.84. The van der Waals surface area contributed by atoms with Crippen LogP contribution >= 0.6 is 0 Å². The third kappa shape index (κ3) is 2.89. The standard InChI is InChI=1S/C15H22N6O/c1-3-21-8-11(7-17-21)14-12(9-20(2)19-14)15(22)18-13(6-16)10-4-5-10/h7-10,13H,3-6,16H2,1-2H3,(H,18,22). The molecule has 0 saturated heterocycles. The summed E-state index contributed by atoms with van der Waals surface area (Å²) >= 11 is 0. The molecule has 0 aliphatic heterocycles. The Hall–Kier alpha value is -2.15. The highest BCUT2D eigenvalue weighted by molar-refractivity contribution is 5.99. The first kappa shape index (κ1) is 14.8. The molecular weight excluding hydrogens is 280 g/mol. The van der Waals surface area contributed by atoms with E-state index in [-0.39, 0.29) is 11.9 Å². The SMILES string of the molecule is CCn1cc(-c2nn(C)cc2C(=O)NC(CN)C2CC2)cn1. The molecular formula is C15H22N6O. The van der Waals surface area contributed by atoms with Crippen LogP contribution in [0.4, 0.5) is 0 Å². The molecule has 1 unspecified atom stereocenters. The number of hydrogen-bond donors (Lipinski definition) is 2. The van der Waals surface area contributed by atoms with E-state index in [0.717, 1.165) is 24.9 Å². The second-order valence-electron chi connectivity index (χ2n) is 5.80. The van der Waals surface area contributed by atoms with Gasteiger partial charge in [-0.2, -0.15) is 10.2 Å². The van der Waals surface area contributed by atoms with Gasteiger partial charge in [0.1, 0.15) is 5.69 Å². The van der Waals surface area contributed by atoms with Crippen molar-refractivity contribution in [2.75, 3.05) is 6.54 Å². The molecule has 1 atom stereocenters. The van der Waals surface area contributed by atoms with E-state index in [9.17, 15) is 4.79 Å². The van der Waals surface area contributed by atoms with Crippen LogP contribution in [-0.4, -0.2) is 38.1 Å². The van der Waals surface area contributed by atoms with Crippen LogP contribution in [0, 0.1) is 5.92 Å². The van der Waals surface area contributed by atoms with Crippen LogP contribution in [0.2, 0.25) is 0 Å². The van der Waals surface area contributed by atoms with E-state index >= 15 is 0 Å². The lowest BCUT2D eigenvalue weighted by molar-refractivity contribution is 0.0934. The molecule has 1 aliphatic rings. The molecule has 3 N–H and O–H groups in total. The molecule has 0 radical (unpaired) electrons. The maximum absolute atomic E-state index is 12.6. The van der Waals surface area contributed by atoms with Crippen molar-refractivity contribution in [2.45, 2.75) is 32.4 Å². The third-order valence-corrected chi connectivity index (χ3v) is 4.07.